The van der Waals surface area contributed by atoms with Gasteiger partial charge in [0.1, 0.15) is 0 Å². The molecule has 3 N–H and O–H groups in total. The largest absolute Gasteiger partial charge is 0.306 e. The van der Waals surface area contributed by atoms with Crippen LogP contribution < -0.4 is 5.84 Å². The Labute approximate surface area is 44.1 Å². The van der Waals surface area contributed by atoms with Crippen LogP contribution in [0.5, 0.6) is 0 Å². The van der Waals surface area contributed by atoms with Crippen LogP contribution in [0.1, 0.15) is 0 Å². The van der Waals surface area contributed by atoms with Crippen molar-refractivity contribution in [3.8, 4) is 0 Å². The summed E-state index contributed by atoms with van der Waals surface area (Å²) in [6.45, 7) is 0. The number of nitrogens with one attached hydrogen (secondary N) is 1. The summed E-state index contributed by atoms with van der Waals surface area (Å²) < 4.78 is 0.294. The molecule has 0 aliphatic carbocycles. The first-order valence-corrected chi connectivity index (χ1v) is 1.97. The van der Waals surface area contributed by atoms with E-state index in [-0.39, 0.29) is 0 Å². The number of nitrogens with zero attached hydrogens (tertiary/aromatic N) is 3. The van der Waals surface area contributed by atoms with Crippen molar-refractivity contribution >= 4 is 12.2 Å². The Hall–Kier alpha value is -0.910. The highest BCUT2D eigenvalue weighted by atomic mass is 32.1. The van der Waals surface area contributed by atoms with Gasteiger partial charge in [0.25, 0.3) is 0 Å². The minimum absolute atomic E-state index is 0.294. The molecule has 0 aliphatic rings. The fourth-order valence-electron chi connectivity index (χ4n) is 0.232. The molecular formula is CH3N5S. The zero-order valence-corrected chi connectivity index (χ0v) is 4.14. The third kappa shape index (κ3) is 0.743. The van der Waals surface area contributed by atoms with Crippen molar-refractivity contribution in [2.24, 2.45) is 0 Å². The van der Waals surface area contributed by atoms with Crippen molar-refractivity contribution in [1.29, 1.82) is 0 Å². The van der Waals surface area contributed by atoms with Crippen molar-refractivity contribution in [2.45, 2.75) is 0 Å². The third-order valence-electron chi connectivity index (χ3n) is 0.442. The molecule has 0 amide bonds. The lowest BCUT2D eigenvalue weighted by Gasteiger charge is -1.76. The lowest BCUT2D eigenvalue weighted by molar-refractivity contribution is 0.679. The van der Waals surface area contributed by atoms with Gasteiger partial charge in [0.05, 0.1) is 0 Å². The average molecular weight is 117 g/mol. The molecule has 0 radical (unpaired) electrons. The first-order valence-electron chi connectivity index (χ1n) is 1.56. The van der Waals surface area contributed by atoms with Crippen molar-refractivity contribution < 1.29 is 0 Å². The Morgan fingerprint density at radius 1 is 1.86 bits per heavy atom. The predicted octanol–water partition coefficient (Wildman–Crippen LogP) is -0.951. The van der Waals surface area contributed by atoms with Crippen LogP contribution in [0, 0.1) is 4.77 Å². The van der Waals surface area contributed by atoms with Crippen LogP contribution in [-0.4, -0.2) is 20.3 Å². The van der Waals surface area contributed by atoms with E-state index in [2.05, 4.69) is 27.6 Å². The molecule has 1 rings (SSSR count). The zero-order chi connectivity index (χ0) is 5.28. The van der Waals surface area contributed by atoms with Gasteiger partial charge in [-0.2, -0.15) is 0 Å². The van der Waals surface area contributed by atoms with E-state index in [1.165, 1.54) is 0 Å². The Kier molecular flexibility index (Phi) is 0.791. The number of H-pyrrole nitrogens is 1. The number of aromatic amines is 1. The molecule has 0 saturated heterocycles. The van der Waals surface area contributed by atoms with Crippen LogP contribution in [0.25, 0.3) is 0 Å². The summed E-state index contributed by atoms with van der Waals surface area (Å²) in [6, 6.07) is 0. The minimum Gasteiger partial charge on any atom is -0.306 e. The van der Waals surface area contributed by atoms with E-state index in [9.17, 15) is 0 Å². The second-order valence-electron chi connectivity index (χ2n) is 0.951. The molecule has 0 atom stereocenters. The number of tetrazole rings is 1. The fourth-order valence-corrected chi connectivity index (χ4v) is 0.362. The number of nitrogens with two attached hydrogens (primary N) is 1. The van der Waals surface area contributed by atoms with E-state index in [4.69, 9.17) is 5.84 Å². The Morgan fingerprint density at radius 2 is 2.57 bits per heavy atom. The molecule has 1 aromatic heterocycles. The predicted molar refractivity (Wildman–Crippen MR) is 25.4 cm³/mol. The van der Waals surface area contributed by atoms with E-state index in [0.717, 1.165) is 4.91 Å². The van der Waals surface area contributed by atoms with Gasteiger partial charge in [0.2, 0.25) is 4.77 Å². The van der Waals surface area contributed by atoms with Gasteiger partial charge < -0.3 is 5.84 Å². The van der Waals surface area contributed by atoms with E-state index in [0.29, 0.717) is 4.77 Å². The number of hydrogen-bond donors (Lipinski definition) is 2. The smallest absolute Gasteiger partial charge is 0.237 e. The van der Waals surface area contributed by atoms with Crippen LogP contribution >= 0.6 is 12.2 Å². The first-order chi connectivity index (χ1) is 3.29. The number of aromatic nitrogens is 4. The van der Waals surface area contributed by atoms with Crippen LogP contribution in [0.15, 0.2) is 0 Å². The second-order valence-corrected chi connectivity index (χ2v) is 1.34. The summed E-state index contributed by atoms with van der Waals surface area (Å²) in [5.41, 5.74) is 0. The van der Waals surface area contributed by atoms with Gasteiger partial charge in [-0.1, -0.05) is 10.0 Å². The molecule has 0 saturated carbocycles. The number of nitrogen functional groups attached to an aromatic ring is 1. The van der Waals surface area contributed by atoms with E-state index >= 15 is 0 Å². The molecule has 0 unspecified atom stereocenters. The normalized spacial score (nSPS) is 9.14. The second kappa shape index (κ2) is 1.30. The number of hydrogen-bond acceptors (Lipinski definition) is 4. The highest BCUT2D eigenvalue weighted by Gasteiger charge is 1.78. The molecule has 38 valence electrons. The topological polar surface area (TPSA) is 72.5 Å². The van der Waals surface area contributed by atoms with Crippen molar-refractivity contribution in [3.63, 3.8) is 0 Å². The van der Waals surface area contributed by atoms with Gasteiger partial charge >= 0.3 is 0 Å². The Bertz CT molecular complexity index is 196. The van der Waals surface area contributed by atoms with Gasteiger partial charge in [-0.3, -0.25) is 0 Å². The minimum atomic E-state index is 0.294. The van der Waals surface area contributed by atoms with Crippen molar-refractivity contribution in [2.75, 3.05) is 5.84 Å². The van der Waals surface area contributed by atoms with Gasteiger partial charge in [0.15, 0.2) is 0 Å². The molecule has 6 heteroatoms. The van der Waals surface area contributed by atoms with E-state index in [1.807, 2.05) is 0 Å². The molecule has 0 bridgehead atoms. The highest BCUT2D eigenvalue weighted by molar-refractivity contribution is 7.71. The van der Waals surface area contributed by atoms with E-state index < -0.39 is 0 Å². The monoisotopic (exact) mass is 117 g/mol. The maximum absolute atomic E-state index is 5.00. The maximum atomic E-state index is 5.00. The van der Waals surface area contributed by atoms with Crippen LogP contribution in [0.2, 0.25) is 0 Å². The summed E-state index contributed by atoms with van der Waals surface area (Å²) in [5.74, 6) is 5.00. The Morgan fingerprint density at radius 3 is 2.71 bits per heavy atom. The molecule has 0 aliphatic heterocycles. The van der Waals surface area contributed by atoms with Gasteiger partial charge in [0, 0.05) is 0 Å². The molecule has 7 heavy (non-hydrogen) atoms. The molecule has 0 aromatic carbocycles. The summed E-state index contributed by atoms with van der Waals surface area (Å²) in [6.07, 6.45) is 0. The lowest BCUT2D eigenvalue weighted by atomic mass is 11.4. The highest BCUT2D eigenvalue weighted by Crippen LogP contribution is 1.64. The maximum Gasteiger partial charge on any atom is 0.237 e. The summed E-state index contributed by atoms with van der Waals surface area (Å²) in [4.78, 5) is 0.947. The van der Waals surface area contributed by atoms with Crippen molar-refractivity contribution in [3.05, 3.63) is 4.77 Å². The van der Waals surface area contributed by atoms with Crippen LogP contribution in [-0.2, 0) is 0 Å². The standard InChI is InChI=1S/CH3N5S/c2-6-4-1(7)3-5-6/h2H2,(H,4,7). The summed E-state index contributed by atoms with van der Waals surface area (Å²) in [5, 5.41) is 9.09. The quantitative estimate of drug-likeness (QED) is 0.339. The molecular weight excluding hydrogens is 114 g/mol. The lowest BCUT2D eigenvalue weighted by Crippen LogP contribution is -2.11. The zero-order valence-electron chi connectivity index (χ0n) is 3.33. The van der Waals surface area contributed by atoms with Gasteiger partial charge in [-0.25, -0.2) is 5.10 Å². The third-order valence-corrected chi connectivity index (χ3v) is 0.615. The number of rotatable bonds is 0. The first kappa shape index (κ1) is 4.25. The molecule has 1 heterocycles. The fraction of sp³-hybridized carbons (Fsp3) is 0. The van der Waals surface area contributed by atoms with E-state index in [1.54, 1.807) is 0 Å². The van der Waals surface area contributed by atoms with Gasteiger partial charge in [-0.05, 0) is 17.4 Å². The molecule has 1 aromatic rings. The van der Waals surface area contributed by atoms with Crippen molar-refractivity contribution in [1.82, 2.24) is 20.3 Å². The molecule has 0 spiro atoms. The average Bonchev–Trinajstić information content (AvgIpc) is 1.87. The SMILES string of the molecule is Nn1nnc(=S)[nH]1. The van der Waals surface area contributed by atoms with Gasteiger partial charge in [-0.15, -0.1) is 0 Å². The molecule has 0 fully saturated rings. The summed E-state index contributed by atoms with van der Waals surface area (Å²) in [7, 11) is 0. The summed E-state index contributed by atoms with van der Waals surface area (Å²) >= 11 is 4.50. The van der Waals surface area contributed by atoms with Crippen LogP contribution in [0.3, 0.4) is 0 Å². The Balaban J connectivity index is 3.30. The molecule has 5 nitrogen and oxygen atoms in total. The van der Waals surface area contributed by atoms with Crippen LogP contribution in [0.4, 0.5) is 0 Å².